The van der Waals surface area contributed by atoms with Crippen molar-refractivity contribution in [1.29, 1.82) is 0 Å². The standard InChI is InChI=1S/C11H18N2O2/c1-3-4-11(14)7-13(8-11)6-10-5-9(2)12-15-10/h5,14H,3-4,6-8H2,1-2H3. The summed E-state index contributed by atoms with van der Waals surface area (Å²) < 4.78 is 5.13. The highest BCUT2D eigenvalue weighted by molar-refractivity contribution is 5.05. The van der Waals surface area contributed by atoms with Gasteiger partial charge < -0.3 is 9.63 Å². The highest BCUT2D eigenvalue weighted by Gasteiger charge is 2.40. The van der Waals surface area contributed by atoms with Gasteiger partial charge in [-0.1, -0.05) is 18.5 Å². The van der Waals surface area contributed by atoms with E-state index in [1.165, 1.54) is 0 Å². The molecule has 0 aliphatic carbocycles. The van der Waals surface area contributed by atoms with Crippen LogP contribution in [-0.4, -0.2) is 33.9 Å². The minimum absolute atomic E-state index is 0.455. The lowest BCUT2D eigenvalue weighted by Crippen LogP contribution is -2.60. The van der Waals surface area contributed by atoms with Gasteiger partial charge in [0.15, 0.2) is 5.76 Å². The van der Waals surface area contributed by atoms with Crippen LogP contribution in [0.2, 0.25) is 0 Å². The summed E-state index contributed by atoms with van der Waals surface area (Å²) in [6.45, 7) is 6.27. The smallest absolute Gasteiger partial charge is 0.150 e. The van der Waals surface area contributed by atoms with Crippen molar-refractivity contribution in [2.45, 2.75) is 38.8 Å². The average molecular weight is 210 g/mol. The predicted octanol–water partition coefficient (Wildman–Crippen LogP) is 1.33. The van der Waals surface area contributed by atoms with Crippen molar-refractivity contribution in [2.75, 3.05) is 13.1 Å². The molecule has 0 spiro atoms. The molecule has 1 fully saturated rings. The lowest BCUT2D eigenvalue weighted by molar-refractivity contribution is -0.108. The molecule has 0 bridgehead atoms. The van der Waals surface area contributed by atoms with Crippen LogP contribution < -0.4 is 0 Å². The third-order valence-corrected chi connectivity index (χ3v) is 2.81. The first-order chi connectivity index (χ1) is 7.11. The highest BCUT2D eigenvalue weighted by Crippen LogP contribution is 2.27. The Morgan fingerprint density at radius 2 is 2.33 bits per heavy atom. The van der Waals surface area contributed by atoms with Crippen LogP contribution in [0.5, 0.6) is 0 Å². The van der Waals surface area contributed by atoms with E-state index in [2.05, 4.69) is 17.0 Å². The molecule has 0 amide bonds. The van der Waals surface area contributed by atoms with Crippen LogP contribution in [0.25, 0.3) is 0 Å². The third-order valence-electron chi connectivity index (χ3n) is 2.81. The van der Waals surface area contributed by atoms with Gasteiger partial charge in [-0.3, -0.25) is 4.90 Å². The Morgan fingerprint density at radius 3 is 2.87 bits per heavy atom. The molecule has 15 heavy (non-hydrogen) atoms. The van der Waals surface area contributed by atoms with Crippen molar-refractivity contribution in [1.82, 2.24) is 10.1 Å². The zero-order chi connectivity index (χ0) is 10.9. The Morgan fingerprint density at radius 1 is 1.60 bits per heavy atom. The van der Waals surface area contributed by atoms with E-state index in [0.29, 0.717) is 0 Å². The predicted molar refractivity (Wildman–Crippen MR) is 56.4 cm³/mol. The van der Waals surface area contributed by atoms with E-state index in [-0.39, 0.29) is 0 Å². The van der Waals surface area contributed by atoms with Gasteiger partial charge in [-0.25, -0.2) is 0 Å². The number of likely N-dealkylation sites (tertiary alicyclic amines) is 1. The Kier molecular flexibility index (Phi) is 2.80. The van der Waals surface area contributed by atoms with Gasteiger partial charge in [0.1, 0.15) is 0 Å². The van der Waals surface area contributed by atoms with Gasteiger partial charge in [0.2, 0.25) is 0 Å². The van der Waals surface area contributed by atoms with Crippen LogP contribution in [-0.2, 0) is 6.54 Å². The van der Waals surface area contributed by atoms with Crippen LogP contribution in [0.1, 0.15) is 31.2 Å². The SMILES string of the molecule is CCCC1(O)CN(Cc2cc(C)no2)C1. The number of hydrogen-bond acceptors (Lipinski definition) is 4. The molecule has 2 heterocycles. The van der Waals surface area contributed by atoms with Crippen LogP contribution >= 0.6 is 0 Å². The minimum atomic E-state index is -0.455. The van der Waals surface area contributed by atoms with Crippen LogP contribution in [0.15, 0.2) is 10.6 Å². The molecule has 1 aromatic rings. The van der Waals surface area contributed by atoms with Crippen molar-refractivity contribution in [3.8, 4) is 0 Å². The van der Waals surface area contributed by atoms with E-state index >= 15 is 0 Å². The highest BCUT2D eigenvalue weighted by atomic mass is 16.5. The first-order valence-corrected chi connectivity index (χ1v) is 5.48. The maximum absolute atomic E-state index is 9.98. The Balaban J connectivity index is 1.80. The summed E-state index contributed by atoms with van der Waals surface area (Å²) in [6.07, 6.45) is 1.92. The molecule has 1 N–H and O–H groups in total. The van der Waals surface area contributed by atoms with Crippen molar-refractivity contribution >= 4 is 0 Å². The summed E-state index contributed by atoms with van der Waals surface area (Å²) in [5, 5.41) is 13.8. The molecular weight excluding hydrogens is 192 g/mol. The second-order valence-electron chi connectivity index (χ2n) is 4.55. The molecule has 0 unspecified atom stereocenters. The van der Waals surface area contributed by atoms with Crippen LogP contribution in [0.3, 0.4) is 0 Å². The molecule has 1 aliphatic rings. The second kappa shape index (κ2) is 3.94. The topological polar surface area (TPSA) is 49.5 Å². The maximum atomic E-state index is 9.98. The molecule has 0 saturated carbocycles. The van der Waals surface area contributed by atoms with Crippen molar-refractivity contribution in [3.63, 3.8) is 0 Å². The van der Waals surface area contributed by atoms with Gasteiger partial charge in [-0.2, -0.15) is 0 Å². The van der Waals surface area contributed by atoms with Gasteiger partial charge in [-0.05, 0) is 13.3 Å². The quantitative estimate of drug-likeness (QED) is 0.814. The summed E-state index contributed by atoms with van der Waals surface area (Å²) in [6, 6.07) is 1.94. The third kappa shape index (κ3) is 2.38. The molecule has 4 heteroatoms. The Bertz CT molecular complexity index is 329. The largest absolute Gasteiger partial charge is 0.387 e. The number of aromatic nitrogens is 1. The van der Waals surface area contributed by atoms with Gasteiger partial charge in [0.05, 0.1) is 17.8 Å². The lowest BCUT2D eigenvalue weighted by Gasteiger charge is -2.46. The summed E-state index contributed by atoms with van der Waals surface area (Å²) in [4.78, 5) is 2.18. The number of nitrogens with zero attached hydrogens (tertiary/aromatic N) is 2. The fourth-order valence-electron chi connectivity index (χ4n) is 2.23. The molecule has 4 nitrogen and oxygen atoms in total. The molecule has 0 aromatic carbocycles. The summed E-state index contributed by atoms with van der Waals surface area (Å²) in [5.41, 5.74) is 0.457. The zero-order valence-electron chi connectivity index (χ0n) is 9.36. The van der Waals surface area contributed by atoms with Gasteiger partial charge in [-0.15, -0.1) is 0 Å². The van der Waals surface area contributed by atoms with Crippen molar-refractivity contribution in [2.24, 2.45) is 0 Å². The first-order valence-electron chi connectivity index (χ1n) is 5.48. The van der Waals surface area contributed by atoms with E-state index in [9.17, 15) is 5.11 Å². The average Bonchev–Trinajstić information content (AvgIpc) is 2.49. The molecule has 1 saturated heterocycles. The molecule has 2 rings (SSSR count). The second-order valence-corrected chi connectivity index (χ2v) is 4.55. The van der Waals surface area contributed by atoms with Crippen LogP contribution in [0, 0.1) is 6.92 Å². The number of β-amino-alcohol motifs (C(OH)–C–C–N with tert-alkyl or cyclic N) is 1. The monoisotopic (exact) mass is 210 g/mol. The van der Waals surface area contributed by atoms with E-state index in [1.54, 1.807) is 0 Å². The Hall–Kier alpha value is -0.870. The van der Waals surface area contributed by atoms with Gasteiger partial charge >= 0.3 is 0 Å². The molecule has 84 valence electrons. The number of rotatable bonds is 4. The zero-order valence-corrected chi connectivity index (χ0v) is 9.36. The normalized spacial score (nSPS) is 20.2. The Labute approximate surface area is 89.9 Å². The maximum Gasteiger partial charge on any atom is 0.150 e. The lowest BCUT2D eigenvalue weighted by atomic mass is 9.89. The fraction of sp³-hybridized carbons (Fsp3) is 0.727. The fourth-order valence-corrected chi connectivity index (χ4v) is 2.23. The van der Waals surface area contributed by atoms with Crippen molar-refractivity contribution in [3.05, 3.63) is 17.5 Å². The summed E-state index contributed by atoms with van der Waals surface area (Å²) >= 11 is 0. The van der Waals surface area contributed by atoms with Crippen molar-refractivity contribution < 1.29 is 9.63 Å². The molecule has 0 radical (unpaired) electrons. The molecular formula is C11H18N2O2. The first kappa shape index (κ1) is 10.6. The summed E-state index contributed by atoms with van der Waals surface area (Å²) in [5.74, 6) is 0.881. The molecule has 1 aromatic heterocycles. The molecule has 1 aliphatic heterocycles. The van der Waals surface area contributed by atoms with Gasteiger partial charge in [0, 0.05) is 19.2 Å². The number of aryl methyl sites for hydroxylation is 1. The number of aliphatic hydroxyl groups is 1. The van der Waals surface area contributed by atoms with E-state index in [0.717, 1.165) is 43.9 Å². The molecule has 0 atom stereocenters. The van der Waals surface area contributed by atoms with E-state index in [1.807, 2.05) is 13.0 Å². The van der Waals surface area contributed by atoms with E-state index < -0.39 is 5.60 Å². The van der Waals surface area contributed by atoms with E-state index in [4.69, 9.17) is 4.52 Å². The van der Waals surface area contributed by atoms with Crippen LogP contribution in [0.4, 0.5) is 0 Å². The van der Waals surface area contributed by atoms with Gasteiger partial charge in [0.25, 0.3) is 0 Å². The summed E-state index contributed by atoms with van der Waals surface area (Å²) in [7, 11) is 0. The minimum Gasteiger partial charge on any atom is -0.387 e. The number of hydrogen-bond donors (Lipinski definition) is 1.